The number of urea groups is 1. The molecule has 0 saturated heterocycles. The van der Waals surface area contributed by atoms with Crippen LogP contribution in [-0.2, 0) is 6.54 Å². The van der Waals surface area contributed by atoms with Crippen LogP contribution in [0, 0.1) is 0 Å². The van der Waals surface area contributed by atoms with E-state index >= 15 is 0 Å². The summed E-state index contributed by atoms with van der Waals surface area (Å²) < 4.78 is 0. The summed E-state index contributed by atoms with van der Waals surface area (Å²) in [6.45, 7) is 0.252. The molecule has 0 saturated carbocycles. The number of benzene rings is 1. The first-order valence-electron chi connectivity index (χ1n) is 4.73. The Morgan fingerprint density at radius 1 is 1.35 bits per heavy atom. The first-order valence-corrected chi connectivity index (χ1v) is 5.48. The molecule has 17 heavy (non-hydrogen) atoms. The zero-order valence-corrected chi connectivity index (χ0v) is 10.1. The second-order valence-electron chi connectivity index (χ2n) is 3.25. The summed E-state index contributed by atoms with van der Waals surface area (Å²) >= 11 is 11.8. The van der Waals surface area contributed by atoms with E-state index in [1.165, 1.54) is 17.7 Å². The smallest absolute Gasteiger partial charge is 0.297 e. The number of rotatable bonds is 2. The van der Waals surface area contributed by atoms with Gasteiger partial charge in [0.25, 0.3) is 0 Å². The summed E-state index contributed by atoms with van der Waals surface area (Å²) in [6, 6.07) is 4.71. The third-order valence-electron chi connectivity index (χ3n) is 2.09. The number of halogens is 2. The average molecular weight is 271 g/mol. The van der Waals surface area contributed by atoms with E-state index in [9.17, 15) is 4.79 Å². The molecule has 5 nitrogen and oxygen atoms in total. The van der Waals surface area contributed by atoms with Crippen molar-refractivity contribution in [1.82, 2.24) is 10.3 Å². The van der Waals surface area contributed by atoms with Crippen molar-refractivity contribution in [3.05, 3.63) is 33.8 Å². The third-order valence-corrected chi connectivity index (χ3v) is 2.68. The molecule has 1 heterocycles. The normalized spacial score (nSPS) is 14.7. The van der Waals surface area contributed by atoms with Crippen molar-refractivity contribution in [3.8, 4) is 0 Å². The summed E-state index contributed by atoms with van der Waals surface area (Å²) in [5.41, 5.74) is 0.755. The lowest BCUT2D eigenvalue weighted by Crippen LogP contribution is -2.34. The third kappa shape index (κ3) is 2.95. The minimum absolute atomic E-state index is 0.252. The van der Waals surface area contributed by atoms with Crippen LogP contribution in [0.5, 0.6) is 0 Å². The fourth-order valence-corrected chi connectivity index (χ4v) is 1.74. The van der Waals surface area contributed by atoms with Crippen LogP contribution in [0.4, 0.5) is 4.79 Å². The molecule has 2 rings (SSSR count). The van der Waals surface area contributed by atoms with Gasteiger partial charge in [-0.2, -0.15) is 5.10 Å². The van der Waals surface area contributed by atoms with Gasteiger partial charge in [0, 0.05) is 10.0 Å². The van der Waals surface area contributed by atoms with Crippen LogP contribution in [0.2, 0.25) is 10.0 Å². The number of aliphatic imine (C=N–C) groups is 1. The molecule has 1 aromatic rings. The van der Waals surface area contributed by atoms with Crippen molar-refractivity contribution in [2.45, 2.75) is 6.54 Å². The van der Waals surface area contributed by atoms with Crippen molar-refractivity contribution >= 4 is 41.9 Å². The maximum atomic E-state index is 11.5. The van der Waals surface area contributed by atoms with Crippen LogP contribution < -0.4 is 5.32 Å². The van der Waals surface area contributed by atoms with Crippen molar-refractivity contribution in [2.24, 2.45) is 10.1 Å². The second kappa shape index (κ2) is 5.16. The molecule has 2 amide bonds. The number of hydrazone groups is 1. The van der Waals surface area contributed by atoms with Crippen molar-refractivity contribution in [1.29, 1.82) is 0 Å². The molecule has 0 atom stereocenters. The summed E-state index contributed by atoms with van der Waals surface area (Å²) in [5.74, 6) is 0. The highest BCUT2D eigenvalue weighted by Gasteiger charge is 2.14. The first kappa shape index (κ1) is 11.9. The van der Waals surface area contributed by atoms with Gasteiger partial charge in [-0.3, -0.25) is 5.32 Å². The van der Waals surface area contributed by atoms with E-state index < -0.39 is 0 Å². The summed E-state index contributed by atoms with van der Waals surface area (Å²) in [5, 5.41) is 8.58. The summed E-state index contributed by atoms with van der Waals surface area (Å²) in [6.07, 6.45) is 2.55. The average Bonchev–Trinajstić information content (AvgIpc) is 2.48. The van der Waals surface area contributed by atoms with E-state index in [2.05, 4.69) is 15.4 Å². The van der Waals surface area contributed by atoms with E-state index in [-0.39, 0.29) is 12.6 Å². The lowest BCUT2D eigenvalue weighted by Gasteiger charge is -2.15. The van der Waals surface area contributed by atoms with Gasteiger partial charge in [0.2, 0.25) is 0 Å². The predicted molar refractivity (Wildman–Crippen MR) is 67.5 cm³/mol. The van der Waals surface area contributed by atoms with Crippen LogP contribution in [0.1, 0.15) is 5.56 Å². The van der Waals surface area contributed by atoms with Gasteiger partial charge in [-0.1, -0.05) is 29.3 Å². The summed E-state index contributed by atoms with van der Waals surface area (Å²) in [4.78, 5) is 15.2. The highest BCUT2D eigenvalue weighted by atomic mass is 35.5. The predicted octanol–water partition coefficient (Wildman–Crippen LogP) is 2.49. The lowest BCUT2D eigenvalue weighted by molar-refractivity contribution is 0.204. The molecule has 1 aromatic carbocycles. The van der Waals surface area contributed by atoms with Crippen LogP contribution in [0.15, 0.2) is 28.3 Å². The minimum atomic E-state index is -0.367. The molecule has 0 fully saturated rings. The lowest BCUT2D eigenvalue weighted by atomic mass is 10.2. The Morgan fingerprint density at radius 2 is 2.18 bits per heavy atom. The summed E-state index contributed by atoms with van der Waals surface area (Å²) in [7, 11) is 0. The number of hydrogen-bond acceptors (Lipinski definition) is 3. The van der Waals surface area contributed by atoms with E-state index in [0.29, 0.717) is 10.0 Å². The monoisotopic (exact) mass is 270 g/mol. The van der Waals surface area contributed by atoms with Gasteiger partial charge in [-0.15, -0.1) is 0 Å². The van der Waals surface area contributed by atoms with Gasteiger partial charge >= 0.3 is 6.03 Å². The van der Waals surface area contributed by atoms with Crippen LogP contribution in [0.25, 0.3) is 0 Å². The molecule has 1 aliphatic heterocycles. The van der Waals surface area contributed by atoms with Gasteiger partial charge in [0.05, 0.1) is 12.9 Å². The minimum Gasteiger partial charge on any atom is -0.297 e. The highest BCUT2D eigenvalue weighted by Crippen LogP contribution is 2.22. The molecule has 0 bridgehead atoms. The number of nitrogens with one attached hydrogen (secondary N) is 1. The Labute approximate surface area is 108 Å². The van der Waals surface area contributed by atoms with Crippen LogP contribution >= 0.6 is 23.2 Å². The van der Waals surface area contributed by atoms with E-state index in [0.717, 1.165) is 5.56 Å². The Kier molecular flexibility index (Phi) is 3.61. The fraction of sp³-hybridized carbons (Fsp3) is 0.100. The fourth-order valence-electron chi connectivity index (χ4n) is 1.27. The number of carbonyl (C=O) groups excluding carboxylic acids is 1. The van der Waals surface area contributed by atoms with Crippen LogP contribution in [-0.4, -0.2) is 23.7 Å². The van der Waals surface area contributed by atoms with Gasteiger partial charge < -0.3 is 0 Å². The first-order chi connectivity index (χ1) is 8.16. The van der Waals surface area contributed by atoms with Gasteiger partial charge in [0.1, 0.15) is 6.34 Å². The second-order valence-corrected chi connectivity index (χ2v) is 4.10. The molecule has 0 aliphatic carbocycles. The standard InChI is InChI=1S/C10H8Cl2N4O/c11-8-2-1-7(9(12)3-8)4-16-10(17)14-5-13-6-15-16/h1-3,5-6H,4H2,(H,13,14,15,17). The zero-order chi connectivity index (χ0) is 12.3. The molecule has 88 valence electrons. The zero-order valence-electron chi connectivity index (χ0n) is 8.60. The quantitative estimate of drug-likeness (QED) is 0.882. The van der Waals surface area contributed by atoms with E-state index in [4.69, 9.17) is 23.2 Å². The van der Waals surface area contributed by atoms with Gasteiger partial charge in [-0.05, 0) is 17.7 Å². The Bertz CT molecular complexity index is 501. The van der Waals surface area contributed by atoms with Crippen LogP contribution in [0.3, 0.4) is 0 Å². The Hall–Kier alpha value is -1.59. The Balaban J connectivity index is 2.17. The largest absolute Gasteiger partial charge is 0.343 e. The van der Waals surface area contributed by atoms with Gasteiger partial charge in [0.15, 0.2) is 0 Å². The molecular formula is C10H8Cl2N4O. The molecule has 7 heteroatoms. The molecule has 0 radical (unpaired) electrons. The number of hydrogen-bond donors (Lipinski definition) is 1. The molecular weight excluding hydrogens is 263 g/mol. The number of amides is 2. The highest BCUT2D eigenvalue weighted by molar-refractivity contribution is 6.35. The topological polar surface area (TPSA) is 57.1 Å². The maximum absolute atomic E-state index is 11.5. The van der Waals surface area contributed by atoms with Crippen molar-refractivity contribution < 1.29 is 4.79 Å². The molecule has 1 aliphatic rings. The number of carbonyl (C=O) groups is 1. The molecule has 0 spiro atoms. The number of nitrogens with zero attached hydrogens (tertiary/aromatic N) is 3. The SMILES string of the molecule is O=C1NC=NC=NN1Cc1ccc(Cl)cc1Cl. The van der Waals surface area contributed by atoms with E-state index in [1.807, 2.05) is 0 Å². The molecule has 0 aromatic heterocycles. The van der Waals surface area contributed by atoms with Gasteiger partial charge in [-0.25, -0.2) is 14.8 Å². The van der Waals surface area contributed by atoms with Crippen molar-refractivity contribution in [3.63, 3.8) is 0 Å². The molecule has 1 N–H and O–H groups in total. The van der Waals surface area contributed by atoms with E-state index in [1.54, 1.807) is 18.2 Å². The molecule has 0 unspecified atom stereocenters. The van der Waals surface area contributed by atoms with Crippen molar-refractivity contribution in [2.75, 3.05) is 0 Å². The maximum Gasteiger partial charge on any atom is 0.343 e. The Morgan fingerprint density at radius 3 is 2.94 bits per heavy atom.